The minimum Gasteiger partial charge on any atom is -0.460 e. The molecule has 0 atom stereocenters. The molecule has 0 aromatic heterocycles. The third kappa shape index (κ3) is 11.7. The number of hydrogen-bond donors (Lipinski definition) is 2. The van der Waals surface area contributed by atoms with Gasteiger partial charge < -0.3 is 39.1 Å². The van der Waals surface area contributed by atoms with Gasteiger partial charge in [-0.1, -0.05) is 37.4 Å². The summed E-state index contributed by atoms with van der Waals surface area (Å²) >= 11 is 0. The zero-order valence-electron chi connectivity index (χ0n) is 23.5. The Hall–Kier alpha value is -4.42. The Kier molecular flexibility index (Phi) is 13.8. The Morgan fingerprint density at radius 3 is 1.71 bits per heavy atom. The molecule has 0 fully saturated rings. The second-order valence-electron chi connectivity index (χ2n) is 8.76. The Bertz CT molecular complexity index is 1260. The summed E-state index contributed by atoms with van der Waals surface area (Å²) in [5.41, 5.74) is 1.18. The highest BCUT2D eigenvalue weighted by Crippen LogP contribution is 2.36. The summed E-state index contributed by atoms with van der Waals surface area (Å²) in [5, 5.41) is 6.33. The van der Waals surface area contributed by atoms with E-state index in [0.29, 0.717) is 33.2 Å². The monoisotopic (exact) mass is 572 g/mol. The number of carbonyl (C=O) groups is 4. The average Bonchev–Trinajstić information content (AvgIpc) is 2.93. The molecule has 2 aromatic carbocycles. The predicted molar refractivity (Wildman–Crippen MR) is 150 cm³/mol. The number of fused-ring (bicyclic) bond motifs is 1. The van der Waals surface area contributed by atoms with Crippen molar-refractivity contribution in [3.8, 4) is 11.5 Å². The minimum absolute atomic E-state index is 0.0797. The van der Waals surface area contributed by atoms with Crippen molar-refractivity contribution in [1.82, 2.24) is 10.6 Å². The summed E-state index contributed by atoms with van der Waals surface area (Å²) in [4.78, 5) is 47.4. The van der Waals surface area contributed by atoms with Gasteiger partial charge in [0.1, 0.15) is 24.7 Å². The van der Waals surface area contributed by atoms with Crippen LogP contribution in [0.2, 0.25) is 0 Å². The van der Waals surface area contributed by atoms with Crippen LogP contribution in [0.3, 0.4) is 0 Å². The fourth-order valence-corrected chi connectivity index (χ4v) is 3.22. The first-order chi connectivity index (χ1) is 19.6. The van der Waals surface area contributed by atoms with E-state index in [2.05, 4.69) is 23.8 Å². The van der Waals surface area contributed by atoms with E-state index >= 15 is 0 Å². The summed E-state index contributed by atoms with van der Waals surface area (Å²) < 4.78 is 31.5. The van der Waals surface area contributed by atoms with Gasteiger partial charge in [0.25, 0.3) is 0 Å². The molecular formula is C29H36N2O10. The molecule has 0 spiro atoms. The lowest BCUT2D eigenvalue weighted by Crippen LogP contribution is -2.31. The number of aryl methyl sites for hydroxylation is 1. The van der Waals surface area contributed by atoms with E-state index < -0.39 is 24.1 Å². The van der Waals surface area contributed by atoms with Crippen LogP contribution in [-0.2, 0) is 28.5 Å². The van der Waals surface area contributed by atoms with Gasteiger partial charge in [0, 0.05) is 35.0 Å². The second-order valence-corrected chi connectivity index (χ2v) is 8.76. The number of benzene rings is 2. The maximum absolute atomic E-state index is 12.4. The average molecular weight is 573 g/mol. The lowest BCUT2D eigenvalue weighted by molar-refractivity contribution is -0.141. The van der Waals surface area contributed by atoms with Crippen molar-refractivity contribution in [3.63, 3.8) is 0 Å². The number of esters is 2. The van der Waals surface area contributed by atoms with Crippen LogP contribution >= 0.6 is 0 Å². The first-order valence-electron chi connectivity index (χ1n) is 12.8. The minimum atomic E-state index is -0.687. The summed E-state index contributed by atoms with van der Waals surface area (Å²) in [7, 11) is 0. The predicted octanol–water partition coefficient (Wildman–Crippen LogP) is 3.60. The molecule has 0 aliphatic carbocycles. The van der Waals surface area contributed by atoms with Crippen molar-refractivity contribution in [2.24, 2.45) is 0 Å². The van der Waals surface area contributed by atoms with Crippen LogP contribution in [0.5, 0.6) is 11.5 Å². The molecule has 12 nitrogen and oxygen atoms in total. The molecular weight excluding hydrogens is 536 g/mol. The van der Waals surface area contributed by atoms with E-state index in [1.165, 1.54) is 0 Å². The zero-order valence-corrected chi connectivity index (χ0v) is 23.5. The van der Waals surface area contributed by atoms with Crippen molar-refractivity contribution in [2.45, 2.75) is 20.8 Å². The van der Waals surface area contributed by atoms with Gasteiger partial charge in [-0.3, -0.25) is 0 Å². The van der Waals surface area contributed by atoms with Gasteiger partial charge in [0.2, 0.25) is 0 Å². The third-order valence-corrected chi connectivity index (χ3v) is 5.19. The van der Waals surface area contributed by atoms with E-state index in [9.17, 15) is 19.2 Å². The van der Waals surface area contributed by atoms with Crippen LogP contribution in [0.1, 0.15) is 19.4 Å². The topological polar surface area (TPSA) is 148 Å². The number of ether oxygens (including phenoxy) is 6. The summed E-state index contributed by atoms with van der Waals surface area (Å²) in [6.07, 6.45) is -1.37. The van der Waals surface area contributed by atoms with Crippen LogP contribution in [0, 0.1) is 6.92 Å². The van der Waals surface area contributed by atoms with Crippen LogP contribution < -0.4 is 20.1 Å². The Morgan fingerprint density at radius 2 is 1.20 bits per heavy atom. The molecule has 2 amide bonds. The highest BCUT2D eigenvalue weighted by atomic mass is 16.6. The van der Waals surface area contributed by atoms with Crippen molar-refractivity contribution < 1.29 is 47.6 Å². The molecule has 0 aliphatic heterocycles. The maximum Gasteiger partial charge on any atom is 0.412 e. The second kappa shape index (κ2) is 17.3. The lowest BCUT2D eigenvalue weighted by Gasteiger charge is -2.15. The molecule has 12 heteroatoms. The largest absolute Gasteiger partial charge is 0.460 e. The highest BCUT2D eigenvalue weighted by Gasteiger charge is 2.17. The van der Waals surface area contributed by atoms with E-state index in [1.807, 2.05) is 0 Å². The fraction of sp³-hybridized carbons (Fsp3) is 0.379. The van der Waals surface area contributed by atoms with Gasteiger partial charge in [-0.25, -0.2) is 19.2 Å². The van der Waals surface area contributed by atoms with Crippen LogP contribution in [0.15, 0.2) is 54.6 Å². The molecule has 0 heterocycles. The van der Waals surface area contributed by atoms with Crippen LogP contribution in [-0.4, -0.2) is 76.9 Å². The van der Waals surface area contributed by atoms with Gasteiger partial charge in [-0.15, -0.1) is 0 Å². The first-order valence-corrected chi connectivity index (χ1v) is 12.8. The van der Waals surface area contributed by atoms with Crippen LogP contribution in [0.25, 0.3) is 10.8 Å². The van der Waals surface area contributed by atoms with Gasteiger partial charge >= 0.3 is 24.1 Å². The number of rotatable bonds is 16. The third-order valence-electron chi connectivity index (χ3n) is 5.19. The van der Waals surface area contributed by atoms with Crippen molar-refractivity contribution in [3.05, 3.63) is 60.2 Å². The maximum atomic E-state index is 12.4. The molecule has 0 unspecified atom stereocenters. The number of amides is 2. The molecule has 0 saturated heterocycles. The number of hydrogen-bond acceptors (Lipinski definition) is 10. The van der Waals surface area contributed by atoms with E-state index in [1.54, 1.807) is 51.1 Å². The van der Waals surface area contributed by atoms with E-state index in [-0.39, 0.29) is 58.5 Å². The van der Waals surface area contributed by atoms with Crippen molar-refractivity contribution >= 4 is 34.9 Å². The highest BCUT2D eigenvalue weighted by molar-refractivity contribution is 5.97. The van der Waals surface area contributed by atoms with Crippen molar-refractivity contribution in [1.29, 1.82) is 0 Å². The number of nitrogens with one attached hydrogen (secondary N) is 2. The Labute approximate surface area is 238 Å². The molecule has 0 radical (unpaired) electrons. The fourth-order valence-electron chi connectivity index (χ4n) is 3.22. The van der Waals surface area contributed by atoms with Crippen molar-refractivity contribution in [2.75, 3.05) is 52.7 Å². The molecule has 0 saturated carbocycles. The zero-order chi connectivity index (χ0) is 30.2. The molecule has 2 rings (SSSR count). The molecule has 2 N–H and O–H groups in total. The van der Waals surface area contributed by atoms with E-state index in [4.69, 9.17) is 28.4 Å². The summed E-state index contributed by atoms with van der Waals surface area (Å²) in [6.45, 7) is 13.1. The van der Waals surface area contributed by atoms with E-state index in [0.717, 1.165) is 0 Å². The molecule has 41 heavy (non-hydrogen) atoms. The van der Waals surface area contributed by atoms with Crippen LogP contribution in [0.4, 0.5) is 9.59 Å². The quantitative estimate of drug-likeness (QED) is 0.174. The molecule has 2 aromatic rings. The van der Waals surface area contributed by atoms with Gasteiger partial charge in [0.05, 0.1) is 26.4 Å². The number of carbonyl (C=O) groups excluding carboxylic acids is 4. The lowest BCUT2D eigenvalue weighted by atomic mass is 10.0. The standard InChI is InChI=1S/C29H36N2O10/c1-19(2)26(32)38-16-14-36-12-10-30-28(34)40-24-18-21(5)25(23-9-7-6-8-22(23)24)41-29(35)31-11-13-37-15-17-39-27(33)20(3)4/h6-9,18H,1,3,10-17H2,2,4-5H3,(H,30,34)(H,31,35). The molecule has 0 bridgehead atoms. The summed E-state index contributed by atoms with van der Waals surface area (Å²) in [5.74, 6) is -0.370. The van der Waals surface area contributed by atoms with Gasteiger partial charge in [-0.2, -0.15) is 0 Å². The van der Waals surface area contributed by atoms with Gasteiger partial charge in [-0.05, 0) is 32.4 Å². The smallest absolute Gasteiger partial charge is 0.412 e. The summed E-state index contributed by atoms with van der Waals surface area (Å²) in [6, 6.07) is 8.64. The Balaban J connectivity index is 1.81. The Morgan fingerprint density at radius 1 is 0.707 bits per heavy atom. The van der Waals surface area contributed by atoms with Gasteiger partial charge in [0.15, 0.2) is 0 Å². The molecule has 222 valence electrons. The normalized spacial score (nSPS) is 10.4. The first kappa shape index (κ1) is 32.8. The molecule has 0 aliphatic rings. The SMILES string of the molecule is C=C(C)C(=O)OCCOCCNC(=O)Oc1cc(C)c(OC(=O)NCCOCCOC(=O)C(=C)C)c2ccccc12.